The van der Waals surface area contributed by atoms with Gasteiger partial charge in [-0.1, -0.05) is 13.0 Å². The van der Waals surface area contributed by atoms with Gasteiger partial charge in [0.1, 0.15) is 0 Å². The van der Waals surface area contributed by atoms with Gasteiger partial charge in [0.05, 0.1) is 0 Å². The number of rotatable bonds is 6. The van der Waals surface area contributed by atoms with E-state index >= 15 is 0 Å². The van der Waals surface area contributed by atoms with Crippen LogP contribution in [0.4, 0.5) is 5.95 Å². The zero-order chi connectivity index (χ0) is 12.1. The van der Waals surface area contributed by atoms with Crippen molar-refractivity contribution in [3.05, 3.63) is 23.9 Å². The Morgan fingerprint density at radius 1 is 1.29 bits per heavy atom. The molecule has 5 nitrogen and oxygen atoms in total. The predicted octanol–water partition coefficient (Wildman–Crippen LogP) is 1.45. The maximum atomic E-state index is 4.44. The van der Waals surface area contributed by atoms with Gasteiger partial charge in [-0.2, -0.15) is 4.98 Å². The number of fused-ring (bicyclic) bond motifs is 1. The van der Waals surface area contributed by atoms with E-state index in [1.54, 1.807) is 4.52 Å². The number of hydrogen-bond acceptors (Lipinski definition) is 4. The highest BCUT2D eigenvalue weighted by Gasteiger charge is 2.03. The number of aromatic nitrogens is 3. The first-order valence-corrected chi connectivity index (χ1v) is 6.08. The van der Waals surface area contributed by atoms with Crippen LogP contribution in [0.15, 0.2) is 18.3 Å². The van der Waals surface area contributed by atoms with Crippen LogP contribution in [0.2, 0.25) is 0 Å². The van der Waals surface area contributed by atoms with Gasteiger partial charge in [0.25, 0.3) is 0 Å². The minimum atomic E-state index is 0.692. The van der Waals surface area contributed by atoms with Crippen LogP contribution < -0.4 is 10.6 Å². The van der Waals surface area contributed by atoms with E-state index in [0.717, 1.165) is 37.3 Å². The lowest BCUT2D eigenvalue weighted by atomic mass is 10.3. The molecule has 0 spiro atoms. The quantitative estimate of drug-likeness (QED) is 0.741. The van der Waals surface area contributed by atoms with Gasteiger partial charge in [-0.3, -0.25) is 0 Å². The molecule has 17 heavy (non-hydrogen) atoms. The van der Waals surface area contributed by atoms with Crippen molar-refractivity contribution in [2.75, 3.05) is 25.0 Å². The van der Waals surface area contributed by atoms with E-state index in [-0.39, 0.29) is 0 Å². The maximum Gasteiger partial charge on any atom is 0.243 e. The van der Waals surface area contributed by atoms with E-state index in [2.05, 4.69) is 27.6 Å². The minimum absolute atomic E-state index is 0.692. The molecule has 0 aliphatic heterocycles. The Hall–Kier alpha value is -1.62. The van der Waals surface area contributed by atoms with Crippen molar-refractivity contribution < 1.29 is 0 Å². The summed E-state index contributed by atoms with van der Waals surface area (Å²) >= 11 is 0. The van der Waals surface area contributed by atoms with Crippen molar-refractivity contribution >= 4 is 11.6 Å². The molecule has 0 aliphatic carbocycles. The molecule has 0 fully saturated rings. The van der Waals surface area contributed by atoms with E-state index in [1.807, 2.05) is 25.3 Å². The summed E-state index contributed by atoms with van der Waals surface area (Å²) in [5, 5.41) is 10.9. The van der Waals surface area contributed by atoms with E-state index in [0.29, 0.717) is 5.95 Å². The molecule has 5 heteroatoms. The fraction of sp³-hybridized carbons (Fsp3) is 0.500. The van der Waals surface area contributed by atoms with E-state index in [4.69, 9.17) is 0 Å². The highest BCUT2D eigenvalue weighted by Crippen LogP contribution is 2.09. The van der Waals surface area contributed by atoms with Gasteiger partial charge < -0.3 is 10.6 Å². The van der Waals surface area contributed by atoms with Crippen molar-refractivity contribution in [2.45, 2.75) is 20.3 Å². The summed E-state index contributed by atoms with van der Waals surface area (Å²) in [4.78, 5) is 4.44. The van der Waals surface area contributed by atoms with Gasteiger partial charge in [0, 0.05) is 19.3 Å². The van der Waals surface area contributed by atoms with E-state index in [1.165, 1.54) is 0 Å². The van der Waals surface area contributed by atoms with Gasteiger partial charge >= 0.3 is 0 Å². The molecule has 0 aliphatic rings. The number of nitrogens with zero attached hydrogens (tertiary/aromatic N) is 3. The third-order valence-corrected chi connectivity index (χ3v) is 2.57. The monoisotopic (exact) mass is 233 g/mol. The maximum absolute atomic E-state index is 4.44. The van der Waals surface area contributed by atoms with Gasteiger partial charge in [0.15, 0.2) is 5.65 Å². The number of pyridine rings is 1. The van der Waals surface area contributed by atoms with Gasteiger partial charge in [-0.05, 0) is 31.5 Å². The zero-order valence-corrected chi connectivity index (χ0v) is 10.4. The Kier molecular flexibility index (Phi) is 3.93. The molecule has 2 N–H and O–H groups in total. The Morgan fingerprint density at radius 2 is 2.18 bits per heavy atom. The molecule has 0 aromatic carbocycles. The number of nitrogens with one attached hydrogen (secondary N) is 2. The van der Waals surface area contributed by atoms with Crippen molar-refractivity contribution in [2.24, 2.45) is 0 Å². The van der Waals surface area contributed by atoms with Crippen molar-refractivity contribution in [1.82, 2.24) is 19.9 Å². The molecule has 2 aromatic heterocycles. The Bertz CT molecular complexity index is 477. The molecule has 0 bridgehead atoms. The molecule has 0 radical (unpaired) electrons. The van der Waals surface area contributed by atoms with Crippen LogP contribution in [0.1, 0.15) is 18.9 Å². The first kappa shape index (κ1) is 11.9. The fourth-order valence-electron chi connectivity index (χ4n) is 1.68. The SMILES string of the molecule is CCCNCCNc1nc2c(C)cccn2n1. The highest BCUT2D eigenvalue weighted by molar-refractivity contribution is 5.49. The molecule has 0 amide bonds. The molecule has 2 aromatic rings. The molecule has 0 atom stereocenters. The Balaban J connectivity index is 1.93. The lowest BCUT2D eigenvalue weighted by Gasteiger charge is -2.02. The van der Waals surface area contributed by atoms with Crippen molar-refractivity contribution in [3.8, 4) is 0 Å². The smallest absolute Gasteiger partial charge is 0.243 e. The summed E-state index contributed by atoms with van der Waals surface area (Å²) in [5.74, 6) is 0.692. The summed E-state index contributed by atoms with van der Waals surface area (Å²) in [6.07, 6.45) is 3.07. The molecule has 0 saturated heterocycles. The summed E-state index contributed by atoms with van der Waals surface area (Å²) in [7, 11) is 0. The topological polar surface area (TPSA) is 54.2 Å². The van der Waals surface area contributed by atoms with Gasteiger partial charge in [0.2, 0.25) is 5.95 Å². The summed E-state index contributed by atoms with van der Waals surface area (Å²) in [5.41, 5.74) is 2.05. The first-order valence-electron chi connectivity index (χ1n) is 6.08. The molecule has 92 valence electrons. The van der Waals surface area contributed by atoms with Gasteiger partial charge in [-0.25, -0.2) is 4.52 Å². The van der Waals surface area contributed by atoms with E-state index in [9.17, 15) is 0 Å². The van der Waals surface area contributed by atoms with E-state index < -0.39 is 0 Å². The van der Waals surface area contributed by atoms with Crippen LogP contribution in [0.5, 0.6) is 0 Å². The number of anilines is 1. The number of aryl methyl sites for hydroxylation is 1. The fourth-order valence-corrected chi connectivity index (χ4v) is 1.68. The third kappa shape index (κ3) is 2.94. The largest absolute Gasteiger partial charge is 0.352 e. The first-order chi connectivity index (χ1) is 8.31. The number of hydrogen-bond donors (Lipinski definition) is 2. The standard InChI is InChI=1S/C12H19N5/c1-3-6-13-7-8-14-12-15-11-10(2)5-4-9-17(11)16-12/h4-5,9,13H,3,6-8H2,1-2H3,(H,14,16). The van der Waals surface area contributed by atoms with Gasteiger partial charge in [-0.15, -0.1) is 5.10 Å². The molecule has 2 heterocycles. The van der Waals surface area contributed by atoms with Crippen LogP contribution in [-0.2, 0) is 0 Å². The second-order valence-electron chi connectivity index (χ2n) is 4.07. The summed E-state index contributed by atoms with van der Waals surface area (Å²) in [6.45, 7) is 7.03. The zero-order valence-electron chi connectivity index (χ0n) is 10.4. The van der Waals surface area contributed by atoms with Crippen LogP contribution in [0.25, 0.3) is 5.65 Å². The molecule has 0 saturated carbocycles. The third-order valence-electron chi connectivity index (χ3n) is 2.57. The average molecular weight is 233 g/mol. The Morgan fingerprint density at radius 3 is 2.94 bits per heavy atom. The molecule has 0 unspecified atom stereocenters. The minimum Gasteiger partial charge on any atom is -0.352 e. The second kappa shape index (κ2) is 5.63. The van der Waals surface area contributed by atoms with Crippen LogP contribution in [-0.4, -0.2) is 34.2 Å². The lowest BCUT2D eigenvalue weighted by molar-refractivity contribution is 0.686. The van der Waals surface area contributed by atoms with Crippen LogP contribution in [0, 0.1) is 6.92 Å². The summed E-state index contributed by atoms with van der Waals surface area (Å²) in [6, 6.07) is 4.01. The van der Waals surface area contributed by atoms with Crippen molar-refractivity contribution in [3.63, 3.8) is 0 Å². The van der Waals surface area contributed by atoms with Crippen LogP contribution >= 0.6 is 0 Å². The van der Waals surface area contributed by atoms with Crippen LogP contribution in [0.3, 0.4) is 0 Å². The average Bonchev–Trinajstić information content (AvgIpc) is 2.73. The molecular weight excluding hydrogens is 214 g/mol. The van der Waals surface area contributed by atoms with Crippen molar-refractivity contribution in [1.29, 1.82) is 0 Å². The summed E-state index contributed by atoms with van der Waals surface area (Å²) < 4.78 is 1.80. The second-order valence-corrected chi connectivity index (χ2v) is 4.07. The molecular formula is C12H19N5. The lowest BCUT2D eigenvalue weighted by Crippen LogP contribution is -2.23. The Labute approximate surface area is 101 Å². The normalized spacial score (nSPS) is 10.9. The predicted molar refractivity (Wildman–Crippen MR) is 69.4 cm³/mol. The highest BCUT2D eigenvalue weighted by atomic mass is 15.3. The molecule has 2 rings (SSSR count).